The number of methoxy groups -OCH3 is 2. The van der Waals surface area contributed by atoms with Crippen molar-refractivity contribution in [2.24, 2.45) is 0 Å². The second kappa shape index (κ2) is 11.7. The highest BCUT2D eigenvalue weighted by atomic mass is 16.5. The van der Waals surface area contributed by atoms with Crippen LogP contribution in [0.2, 0.25) is 0 Å². The molecule has 0 heterocycles. The highest BCUT2D eigenvalue weighted by Crippen LogP contribution is 2.23. The summed E-state index contributed by atoms with van der Waals surface area (Å²) in [6, 6.07) is 14.4. The van der Waals surface area contributed by atoms with Gasteiger partial charge in [0.1, 0.15) is 11.5 Å². The Morgan fingerprint density at radius 1 is 0.862 bits per heavy atom. The lowest BCUT2D eigenvalue weighted by Crippen LogP contribution is -2.32. The van der Waals surface area contributed by atoms with Crippen LogP contribution in [0.15, 0.2) is 48.5 Å². The SMILES string of the molecule is COc1ccc(C(=O)N(CCCCCCC(=O)NO)c2ccc(OC)cc2)cc1. The molecule has 2 amide bonds. The van der Waals surface area contributed by atoms with Crippen molar-refractivity contribution in [3.8, 4) is 11.5 Å². The molecule has 2 N–H and O–H groups in total. The summed E-state index contributed by atoms with van der Waals surface area (Å²) in [5, 5.41) is 8.52. The van der Waals surface area contributed by atoms with Crippen molar-refractivity contribution in [3.63, 3.8) is 0 Å². The standard InChI is InChI=1S/C22H28N2O5/c1-28-19-12-8-17(9-13-19)22(26)24(18-10-14-20(29-2)15-11-18)16-6-4-3-5-7-21(25)23-27/h8-15,27H,3-7,16H2,1-2H3,(H,23,25). The molecule has 0 unspecified atom stereocenters. The van der Waals surface area contributed by atoms with E-state index in [1.165, 1.54) is 0 Å². The Kier molecular flexibility index (Phi) is 8.98. The molecule has 156 valence electrons. The molecule has 2 rings (SSSR count). The van der Waals surface area contributed by atoms with E-state index in [1.807, 2.05) is 24.3 Å². The zero-order valence-electron chi connectivity index (χ0n) is 16.9. The quantitative estimate of drug-likeness (QED) is 0.340. The van der Waals surface area contributed by atoms with E-state index in [0.717, 1.165) is 30.7 Å². The topological polar surface area (TPSA) is 88.1 Å². The fraction of sp³-hybridized carbons (Fsp3) is 0.364. The number of amides is 2. The molecule has 7 nitrogen and oxygen atoms in total. The van der Waals surface area contributed by atoms with Crippen LogP contribution in [0.4, 0.5) is 5.69 Å². The Labute approximate surface area is 171 Å². The van der Waals surface area contributed by atoms with Gasteiger partial charge in [-0.25, -0.2) is 5.48 Å². The van der Waals surface area contributed by atoms with Gasteiger partial charge in [-0.05, 0) is 61.4 Å². The summed E-state index contributed by atoms with van der Waals surface area (Å²) in [4.78, 5) is 25.9. The number of hydrogen-bond acceptors (Lipinski definition) is 5. The van der Waals surface area contributed by atoms with Crippen LogP contribution in [-0.4, -0.2) is 37.8 Å². The van der Waals surface area contributed by atoms with Gasteiger partial charge in [0, 0.05) is 24.2 Å². The summed E-state index contributed by atoms with van der Waals surface area (Å²) < 4.78 is 10.4. The van der Waals surface area contributed by atoms with Gasteiger partial charge < -0.3 is 14.4 Å². The van der Waals surface area contributed by atoms with E-state index in [4.69, 9.17) is 14.7 Å². The second-order valence-corrected chi connectivity index (χ2v) is 6.58. The zero-order chi connectivity index (χ0) is 21.1. The number of anilines is 1. The largest absolute Gasteiger partial charge is 0.497 e. The minimum Gasteiger partial charge on any atom is -0.497 e. The molecule has 7 heteroatoms. The zero-order valence-corrected chi connectivity index (χ0v) is 16.9. The molecule has 0 radical (unpaired) electrons. The highest BCUT2D eigenvalue weighted by Gasteiger charge is 2.17. The number of ether oxygens (including phenoxy) is 2. The first-order valence-corrected chi connectivity index (χ1v) is 9.62. The molecule has 2 aromatic rings. The van der Waals surface area contributed by atoms with E-state index in [-0.39, 0.29) is 11.8 Å². The summed E-state index contributed by atoms with van der Waals surface area (Å²) >= 11 is 0. The summed E-state index contributed by atoms with van der Waals surface area (Å²) in [5.74, 6) is 0.967. The molecule has 0 aliphatic rings. The van der Waals surface area contributed by atoms with Crippen molar-refractivity contribution in [2.45, 2.75) is 32.1 Å². The summed E-state index contributed by atoms with van der Waals surface area (Å²) in [5.41, 5.74) is 3.02. The molecule has 29 heavy (non-hydrogen) atoms. The number of rotatable bonds is 11. The predicted molar refractivity (Wildman–Crippen MR) is 111 cm³/mol. The first-order valence-electron chi connectivity index (χ1n) is 9.62. The van der Waals surface area contributed by atoms with Gasteiger partial charge in [0.25, 0.3) is 5.91 Å². The number of nitrogens with zero attached hydrogens (tertiary/aromatic N) is 1. The van der Waals surface area contributed by atoms with E-state index >= 15 is 0 Å². The number of carbonyl (C=O) groups excluding carboxylic acids is 2. The van der Waals surface area contributed by atoms with E-state index in [0.29, 0.717) is 30.7 Å². The Hall–Kier alpha value is -3.06. The maximum atomic E-state index is 13.1. The molecule has 0 fully saturated rings. The van der Waals surface area contributed by atoms with E-state index in [2.05, 4.69) is 0 Å². The fourth-order valence-corrected chi connectivity index (χ4v) is 2.96. The number of hydroxylamine groups is 1. The van der Waals surface area contributed by atoms with Gasteiger partial charge in [-0.15, -0.1) is 0 Å². The molecule has 0 aliphatic carbocycles. The molecule has 0 saturated carbocycles. The molecular formula is C22H28N2O5. The van der Waals surface area contributed by atoms with E-state index in [9.17, 15) is 9.59 Å². The van der Waals surface area contributed by atoms with Crippen molar-refractivity contribution < 1.29 is 24.3 Å². The average Bonchev–Trinajstić information content (AvgIpc) is 2.78. The highest BCUT2D eigenvalue weighted by molar-refractivity contribution is 6.06. The lowest BCUT2D eigenvalue weighted by atomic mass is 10.1. The van der Waals surface area contributed by atoms with Gasteiger partial charge in [0.05, 0.1) is 14.2 Å². The van der Waals surface area contributed by atoms with Crippen LogP contribution in [0.5, 0.6) is 11.5 Å². The molecule has 2 aromatic carbocycles. The number of nitrogens with one attached hydrogen (secondary N) is 1. The lowest BCUT2D eigenvalue weighted by molar-refractivity contribution is -0.129. The minimum atomic E-state index is -0.375. The van der Waals surface area contributed by atoms with Crippen molar-refractivity contribution in [1.82, 2.24) is 5.48 Å². The van der Waals surface area contributed by atoms with Crippen LogP contribution in [0, 0.1) is 0 Å². The third-order valence-corrected chi connectivity index (χ3v) is 4.63. The summed E-state index contributed by atoms with van der Waals surface area (Å²) in [6.07, 6.45) is 3.52. The van der Waals surface area contributed by atoms with Gasteiger partial charge in [-0.1, -0.05) is 12.8 Å². The number of benzene rings is 2. The Morgan fingerprint density at radius 2 is 1.41 bits per heavy atom. The Morgan fingerprint density at radius 3 is 1.97 bits per heavy atom. The second-order valence-electron chi connectivity index (χ2n) is 6.58. The Bertz CT molecular complexity index is 775. The number of carbonyl (C=O) groups is 2. The number of unbranched alkanes of at least 4 members (excludes halogenated alkanes) is 3. The fourth-order valence-electron chi connectivity index (χ4n) is 2.96. The average molecular weight is 400 g/mol. The normalized spacial score (nSPS) is 10.3. The van der Waals surface area contributed by atoms with Crippen LogP contribution < -0.4 is 19.9 Å². The first kappa shape index (κ1) is 22.2. The van der Waals surface area contributed by atoms with Crippen molar-refractivity contribution >= 4 is 17.5 Å². The van der Waals surface area contributed by atoms with E-state index < -0.39 is 0 Å². The first-order chi connectivity index (χ1) is 14.1. The maximum Gasteiger partial charge on any atom is 0.258 e. The Balaban J connectivity index is 2.04. The minimum absolute atomic E-state index is 0.0857. The smallest absolute Gasteiger partial charge is 0.258 e. The maximum absolute atomic E-state index is 13.1. The van der Waals surface area contributed by atoms with Crippen LogP contribution in [0.25, 0.3) is 0 Å². The van der Waals surface area contributed by atoms with Gasteiger partial charge in [-0.3, -0.25) is 14.8 Å². The van der Waals surface area contributed by atoms with Crippen molar-refractivity contribution in [3.05, 3.63) is 54.1 Å². The number of hydrogen-bond donors (Lipinski definition) is 2. The summed E-state index contributed by atoms with van der Waals surface area (Å²) in [6.45, 7) is 0.559. The van der Waals surface area contributed by atoms with Crippen LogP contribution in [-0.2, 0) is 4.79 Å². The van der Waals surface area contributed by atoms with Crippen LogP contribution in [0.3, 0.4) is 0 Å². The summed E-state index contributed by atoms with van der Waals surface area (Å²) in [7, 11) is 3.19. The predicted octanol–water partition coefficient (Wildman–Crippen LogP) is 3.81. The van der Waals surface area contributed by atoms with Gasteiger partial charge in [0.15, 0.2) is 0 Å². The van der Waals surface area contributed by atoms with Gasteiger partial charge >= 0.3 is 0 Å². The van der Waals surface area contributed by atoms with Gasteiger partial charge in [-0.2, -0.15) is 0 Å². The molecule has 0 atom stereocenters. The van der Waals surface area contributed by atoms with Gasteiger partial charge in [0.2, 0.25) is 5.91 Å². The van der Waals surface area contributed by atoms with Crippen molar-refractivity contribution in [1.29, 1.82) is 0 Å². The molecule has 0 aliphatic heterocycles. The molecular weight excluding hydrogens is 372 g/mol. The van der Waals surface area contributed by atoms with E-state index in [1.54, 1.807) is 48.9 Å². The third kappa shape index (κ3) is 6.80. The molecule has 0 aromatic heterocycles. The third-order valence-electron chi connectivity index (χ3n) is 4.63. The molecule has 0 bridgehead atoms. The van der Waals surface area contributed by atoms with Crippen molar-refractivity contribution in [2.75, 3.05) is 25.7 Å². The monoisotopic (exact) mass is 400 g/mol. The lowest BCUT2D eigenvalue weighted by Gasteiger charge is -2.23. The van der Waals surface area contributed by atoms with Crippen LogP contribution >= 0.6 is 0 Å². The molecule has 0 saturated heterocycles. The molecule has 0 spiro atoms. The van der Waals surface area contributed by atoms with Crippen LogP contribution in [0.1, 0.15) is 42.5 Å².